The average Bonchev–Trinajstić information content (AvgIpc) is 3.10. The molecule has 1 fully saturated rings. The molecule has 3 aromatic rings. The van der Waals surface area contributed by atoms with Gasteiger partial charge in [-0.05, 0) is 37.6 Å². The van der Waals surface area contributed by atoms with E-state index in [0.717, 1.165) is 12.1 Å². The zero-order valence-electron chi connectivity index (χ0n) is 16.0. The number of anilines is 1. The van der Waals surface area contributed by atoms with Gasteiger partial charge in [-0.25, -0.2) is 4.98 Å². The van der Waals surface area contributed by atoms with E-state index in [0.29, 0.717) is 28.8 Å². The number of rotatable bonds is 4. The number of fused-ring (bicyclic) bond motifs is 1. The van der Waals surface area contributed by atoms with Crippen LogP contribution < -0.4 is 10.6 Å². The molecule has 29 heavy (non-hydrogen) atoms. The van der Waals surface area contributed by atoms with Crippen LogP contribution in [0.15, 0.2) is 30.6 Å². The Morgan fingerprint density at radius 1 is 1.28 bits per heavy atom. The molecule has 3 aromatic heterocycles. The molecule has 4 rings (SSSR count). The standard InChI is InChI=1S/C19H21F3N6O/c1-11-8-23-9-18(2,29-11)12-3-5-24-14(7-12)16-15-13(27-28-16)4-6-25-17(15)26-10-19(20,21)22/h3-7,11,23H,8-10H2,1-2H3,(H,25,26)(H,27,28)/t11-,18-/m1/s1. The van der Waals surface area contributed by atoms with Crippen molar-refractivity contribution in [3.63, 3.8) is 0 Å². The van der Waals surface area contributed by atoms with Gasteiger partial charge in [0.2, 0.25) is 0 Å². The Bertz CT molecular complexity index is 1020. The van der Waals surface area contributed by atoms with Crippen molar-refractivity contribution in [3.05, 3.63) is 36.2 Å². The number of nitrogens with one attached hydrogen (secondary N) is 3. The van der Waals surface area contributed by atoms with Crippen LogP contribution in [0.1, 0.15) is 19.4 Å². The fourth-order valence-corrected chi connectivity index (χ4v) is 3.57. The van der Waals surface area contributed by atoms with Gasteiger partial charge in [-0.3, -0.25) is 10.1 Å². The topological polar surface area (TPSA) is 87.8 Å². The molecule has 0 aromatic carbocycles. The Morgan fingerprint density at radius 3 is 2.83 bits per heavy atom. The van der Waals surface area contributed by atoms with E-state index in [4.69, 9.17) is 4.74 Å². The van der Waals surface area contributed by atoms with Crippen molar-refractivity contribution in [2.24, 2.45) is 0 Å². The molecule has 1 aliphatic heterocycles. The molecular formula is C19H21F3N6O. The molecule has 1 saturated heterocycles. The van der Waals surface area contributed by atoms with Gasteiger partial charge in [-0.1, -0.05) is 0 Å². The molecule has 7 nitrogen and oxygen atoms in total. The highest BCUT2D eigenvalue weighted by Gasteiger charge is 2.33. The summed E-state index contributed by atoms with van der Waals surface area (Å²) in [4.78, 5) is 8.46. The molecule has 0 saturated carbocycles. The number of H-pyrrole nitrogens is 1. The second-order valence-corrected chi connectivity index (χ2v) is 7.34. The van der Waals surface area contributed by atoms with Gasteiger partial charge in [-0.2, -0.15) is 18.3 Å². The molecule has 4 heterocycles. The lowest BCUT2D eigenvalue weighted by Gasteiger charge is -2.38. The number of ether oxygens (including phenoxy) is 1. The van der Waals surface area contributed by atoms with Crippen molar-refractivity contribution in [2.75, 3.05) is 25.0 Å². The number of pyridine rings is 2. The van der Waals surface area contributed by atoms with Crippen molar-refractivity contribution in [1.29, 1.82) is 0 Å². The highest BCUT2D eigenvalue weighted by molar-refractivity contribution is 5.99. The highest BCUT2D eigenvalue weighted by Crippen LogP contribution is 2.34. The average molecular weight is 406 g/mol. The van der Waals surface area contributed by atoms with Crippen LogP contribution in [0.3, 0.4) is 0 Å². The molecule has 3 N–H and O–H groups in total. The summed E-state index contributed by atoms with van der Waals surface area (Å²) < 4.78 is 44.2. The van der Waals surface area contributed by atoms with Crippen LogP contribution in [0, 0.1) is 0 Å². The van der Waals surface area contributed by atoms with Crippen molar-refractivity contribution in [2.45, 2.75) is 31.7 Å². The number of hydrogen-bond donors (Lipinski definition) is 3. The number of aromatic amines is 1. The predicted octanol–water partition coefficient (Wildman–Crippen LogP) is 3.22. The summed E-state index contributed by atoms with van der Waals surface area (Å²) in [5, 5.41) is 13.3. The normalized spacial score (nSPS) is 22.7. The maximum Gasteiger partial charge on any atom is 0.405 e. The van der Waals surface area contributed by atoms with E-state index in [1.807, 2.05) is 26.0 Å². The molecule has 2 atom stereocenters. The van der Waals surface area contributed by atoms with Crippen molar-refractivity contribution in [1.82, 2.24) is 25.5 Å². The van der Waals surface area contributed by atoms with Crippen LogP contribution in [0.5, 0.6) is 0 Å². The lowest BCUT2D eigenvalue weighted by Crippen LogP contribution is -2.49. The van der Waals surface area contributed by atoms with Gasteiger partial charge < -0.3 is 15.4 Å². The van der Waals surface area contributed by atoms with Gasteiger partial charge in [0.1, 0.15) is 23.7 Å². The van der Waals surface area contributed by atoms with Gasteiger partial charge in [-0.15, -0.1) is 0 Å². The van der Waals surface area contributed by atoms with Crippen LogP contribution in [0.4, 0.5) is 19.0 Å². The maximum atomic E-state index is 12.7. The van der Waals surface area contributed by atoms with E-state index < -0.39 is 18.3 Å². The third kappa shape index (κ3) is 4.03. The SMILES string of the molecule is C[C@@H]1CNC[C@](C)(c2ccnc(-c3n[nH]c4ccnc(NCC(F)(F)F)c34)c2)O1. The third-order valence-electron chi connectivity index (χ3n) is 4.90. The first-order valence-electron chi connectivity index (χ1n) is 9.24. The Labute approximate surface area is 165 Å². The van der Waals surface area contributed by atoms with Gasteiger partial charge >= 0.3 is 6.18 Å². The smallest absolute Gasteiger partial charge is 0.365 e. The van der Waals surface area contributed by atoms with Gasteiger partial charge in [0, 0.05) is 25.5 Å². The second-order valence-electron chi connectivity index (χ2n) is 7.34. The first-order chi connectivity index (χ1) is 13.8. The molecule has 1 aliphatic rings. The van der Waals surface area contributed by atoms with Crippen LogP contribution in [0.2, 0.25) is 0 Å². The van der Waals surface area contributed by atoms with Crippen molar-refractivity contribution < 1.29 is 17.9 Å². The minimum atomic E-state index is -4.36. The molecular weight excluding hydrogens is 385 g/mol. The molecule has 10 heteroatoms. The minimum Gasteiger partial charge on any atom is -0.365 e. The number of morpholine rings is 1. The molecule has 0 radical (unpaired) electrons. The Balaban J connectivity index is 1.74. The summed E-state index contributed by atoms with van der Waals surface area (Å²) in [5.74, 6) is 0.103. The number of alkyl halides is 3. The highest BCUT2D eigenvalue weighted by atomic mass is 19.4. The Morgan fingerprint density at radius 2 is 2.07 bits per heavy atom. The van der Waals surface area contributed by atoms with E-state index in [2.05, 4.69) is 30.8 Å². The summed E-state index contributed by atoms with van der Waals surface area (Å²) in [7, 11) is 0. The molecule has 0 amide bonds. The Kier molecular flexibility index (Phi) is 4.91. The fraction of sp³-hybridized carbons (Fsp3) is 0.421. The van der Waals surface area contributed by atoms with E-state index in [-0.39, 0.29) is 11.9 Å². The largest absolute Gasteiger partial charge is 0.405 e. The number of aromatic nitrogens is 4. The minimum absolute atomic E-state index is 0.0546. The summed E-state index contributed by atoms with van der Waals surface area (Å²) in [6.07, 6.45) is -1.23. The van der Waals surface area contributed by atoms with Crippen LogP contribution >= 0.6 is 0 Å². The van der Waals surface area contributed by atoms with E-state index in [9.17, 15) is 13.2 Å². The summed E-state index contributed by atoms with van der Waals surface area (Å²) >= 11 is 0. The summed E-state index contributed by atoms with van der Waals surface area (Å²) in [6.45, 7) is 4.22. The van der Waals surface area contributed by atoms with Crippen LogP contribution in [-0.2, 0) is 10.3 Å². The lowest BCUT2D eigenvalue weighted by atomic mass is 9.93. The zero-order chi connectivity index (χ0) is 20.6. The summed E-state index contributed by atoms with van der Waals surface area (Å²) in [6, 6.07) is 5.39. The molecule has 0 aliphatic carbocycles. The quantitative estimate of drug-likeness (QED) is 0.617. The second kappa shape index (κ2) is 7.27. The predicted molar refractivity (Wildman–Crippen MR) is 102 cm³/mol. The Hall–Kier alpha value is -2.72. The van der Waals surface area contributed by atoms with E-state index >= 15 is 0 Å². The molecule has 154 valence electrons. The number of nitrogens with zero attached hydrogens (tertiary/aromatic N) is 3. The first kappa shape index (κ1) is 19.6. The van der Waals surface area contributed by atoms with Gasteiger partial charge in [0.05, 0.1) is 22.7 Å². The third-order valence-corrected chi connectivity index (χ3v) is 4.90. The van der Waals surface area contributed by atoms with Crippen molar-refractivity contribution in [3.8, 4) is 11.4 Å². The lowest BCUT2D eigenvalue weighted by molar-refractivity contribution is -0.115. The van der Waals surface area contributed by atoms with Crippen molar-refractivity contribution >= 4 is 16.7 Å². The van der Waals surface area contributed by atoms with Crippen LogP contribution in [-0.4, -0.2) is 52.1 Å². The number of hydrogen-bond acceptors (Lipinski definition) is 6. The van der Waals surface area contributed by atoms with Gasteiger partial charge in [0.25, 0.3) is 0 Å². The summed E-state index contributed by atoms with van der Waals surface area (Å²) in [5.41, 5.74) is 1.89. The van der Waals surface area contributed by atoms with Crippen LogP contribution in [0.25, 0.3) is 22.3 Å². The zero-order valence-corrected chi connectivity index (χ0v) is 16.0. The molecule has 0 unspecified atom stereocenters. The monoisotopic (exact) mass is 406 g/mol. The number of halogens is 3. The molecule has 0 bridgehead atoms. The first-order valence-corrected chi connectivity index (χ1v) is 9.24. The van der Waals surface area contributed by atoms with Gasteiger partial charge in [0.15, 0.2) is 0 Å². The van der Waals surface area contributed by atoms with E-state index in [1.165, 1.54) is 6.20 Å². The van der Waals surface area contributed by atoms with E-state index in [1.54, 1.807) is 12.3 Å². The fourth-order valence-electron chi connectivity index (χ4n) is 3.57. The maximum absolute atomic E-state index is 12.7. The molecule has 0 spiro atoms.